The molecule has 0 aliphatic carbocycles. The van der Waals surface area contributed by atoms with Crippen LogP contribution in [0.2, 0.25) is 0 Å². The van der Waals surface area contributed by atoms with E-state index >= 15 is 0 Å². The van der Waals surface area contributed by atoms with Crippen molar-refractivity contribution in [2.24, 2.45) is 11.7 Å². The number of para-hydroxylation sites is 1. The number of nitrogens with zero attached hydrogens (tertiary/aromatic N) is 2. The summed E-state index contributed by atoms with van der Waals surface area (Å²) in [7, 11) is 0. The van der Waals surface area contributed by atoms with E-state index in [1.54, 1.807) is 6.20 Å². The lowest BCUT2D eigenvalue weighted by Crippen LogP contribution is -2.35. The van der Waals surface area contributed by atoms with Crippen molar-refractivity contribution in [3.63, 3.8) is 0 Å². The molecule has 23 heavy (non-hydrogen) atoms. The molecule has 2 N–H and O–H groups in total. The van der Waals surface area contributed by atoms with Crippen molar-refractivity contribution in [2.75, 3.05) is 13.1 Å². The van der Waals surface area contributed by atoms with Crippen molar-refractivity contribution < 1.29 is 4.79 Å². The number of aromatic nitrogens is 1. The SMILES string of the molecule is CC1CC(CN)CN1C(=O)Cc1cccc2cccnc12.Cl.Cl. The molecule has 1 aliphatic heterocycles. The Morgan fingerprint density at radius 3 is 2.74 bits per heavy atom. The van der Waals surface area contributed by atoms with E-state index in [-0.39, 0.29) is 36.8 Å². The molecular formula is C17H23Cl2N3O. The molecule has 1 aromatic carbocycles. The molecule has 0 radical (unpaired) electrons. The van der Waals surface area contributed by atoms with Gasteiger partial charge in [0.25, 0.3) is 0 Å². The summed E-state index contributed by atoms with van der Waals surface area (Å²) in [5, 5.41) is 1.08. The zero-order valence-corrected chi connectivity index (χ0v) is 14.8. The number of fused-ring (bicyclic) bond motifs is 1. The predicted molar refractivity (Wildman–Crippen MR) is 98.3 cm³/mol. The Morgan fingerprint density at radius 1 is 1.30 bits per heavy atom. The average molecular weight is 356 g/mol. The maximum Gasteiger partial charge on any atom is 0.227 e. The van der Waals surface area contributed by atoms with Gasteiger partial charge in [0.1, 0.15) is 0 Å². The second kappa shape index (κ2) is 8.48. The molecule has 0 bridgehead atoms. The standard InChI is InChI=1S/C17H21N3O.2ClH/c1-12-8-13(10-18)11-20(12)16(21)9-15-5-2-4-14-6-3-7-19-17(14)15;;/h2-7,12-13H,8-11,18H2,1H3;2*1H. The zero-order valence-electron chi connectivity index (χ0n) is 13.1. The van der Waals surface area contributed by atoms with Crippen LogP contribution < -0.4 is 5.73 Å². The van der Waals surface area contributed by atoms with Gasteiger partial charge in [-0.05, 0) is 37.4 Å². The first-order chi connectivity index (χ1) is 10.2. The number of hydrogen-bond acceptors (Lipinski definition) is 3. The van der Waals surface area contributed by atoms with E-state index in [4.69, 9.17) is 5.73 Å². The Hall–Kier alpha value is -1.36. The van der Waals surface area contributed by atoms with Crippen LogP contribution in [0, 0.1) is 5.92 Å². The van der Waals surface area contributed by atoms with E-state index in [1.807, 2.05) is 35.2 Å². The third kappa shape index (κ3) is 4.14. The largest absolute Gasteiger partial charge is 0.339 e. The van der Waals surface area contributed by atoms with Crippen LogP contribution in [-0.4, -0.2) is 34.9 Å². The van der Waals surface area contributed by atoms with Crippen LogP contribution in [0.5, 0.6) is 0 Å². The Morgan fingerprint density at radius 2 is 2.04 bits per heavy atom. The fraction of sp³-hybridized carbons (Fsp3) is 0.412. The van der Waals surface area contributed by atoms with Gasteiger partial charge in [0.05, 0.1) is 11.9 Å². The summed E-state index contributed by atoms with van der Waals surface area (Å²) in [4.78, 5) is 19.0. The molecule has 0 spiro atoms. The number of carbonyl (C=O) groups is 1. The number of hydrogen-bond donors (Lipinski definition) is 1. The lowest BCUT2D eigenvalue weighted by atomic mass is 10.1. The number of amides is 1. The maximum absolute atomic E-state index is 12.6. The molecule has 1 aliphatic rings. The third-order valence-electron chi connectivity index (χ3n) is 4.37. The number of likely N-dealkylation sites (tertiary alicyclic amines) is 1. The molecule has 2 unspecified atom stereocenters. The minimum atomic E-state index is 0. The van der Waals surface area contributed by atoms with Crippen LogP contribution in [-0.2, 0) is 11.2 Å². The Balaban J connectivity index is 0.00000132. The smallest absolute Gasteiger partial charge is 0.227 e. The van der Waals surface area contributed by atoms with E-state index in [0.717, 1.165) is 29.4 Å². The first-order valence-electron chi connectivity index (χ1n) is 7.51. The molecule has 2 aromatic rings. The molecule has 1 amide bonds. The van der Waals surface area contributed by atoms with E-state index < -0.39 is 0 Å². The number of carbonyl (C=O) groups excluding carboxylic acids is 1. The summed E-state index contributed by atoms with van der Waals surface area (Å²) in [6.07, 6.45) is 3.20. The van der Waals surface area contributed by atoms with Crippen molar-refractivity contribution in [3.05, 3.63) is 42.1 Å². The average Bonchev–Trinajstić information content (AvgIpc) is 2.89. The molecule has 2 heterocycles. The maximum atomic E-state index is 12.6. The number of pyridine rings is 1. The minimum Gasteiger partial charge on any atom is -0.339 e. The summed E-state index contributed by atoms with van der Waals surface area (Å²) in [5.74, 6) is 0.617. The molecular weight excluding hydrogens is 333 g/mol. The van der Waals surface area contributed by atoms with Crippen LogP contribution in [0.3, 0.4) is 0 Å². The normalized spacial score (nSPS) is 20.0. The first-order valence-corrected chi connectivity index (χ1v) is 7.51. The highest BCUT2D eigenvalue weighted by atomic mass is 35.5. The molecule has 3 rings (SSSR count). The van der Waals surface area contributed by atoms with E-state index in [0.29, 0.717) is 18.9 Å². The van der Waals surface area contributed by atoms with E-state index in [9.17, 15) is 4.79 Å². The van der Waals surface area contributed by atoms with E-state index in [2.05, 4.69) is 11.9 Å². The van der Waals surface area contributed by atoms with Gasteiger partial charge < -0.3 is 10.6 Å². The van der Waals surface area contributed by atoms with Crippen molar-refractivity contribution in [1.82, 2.24) is 9.88 Å². The lowest BCUT2D eigenvalue weighted by Gasteiger charge is -2.21. The number of rotatable bonds is 3. The highest BCUT2D eigenvalue weighted by molar-refractivity contribution is 5.87. The van der Waals surface area contributed by atoms with Crippen molar-refractivity contribution in [1.29, 1.82) is 0 Å². The fourth-order valence-corrected chi connectivity index (χ4v) is 3.24. The summed E-state index contributed by atoms with van der Waals surface area (Å²) in [6, 6.07) is 10.2. The van der Waals surface area contributed by atoms with E-state index in [1.165, 1.54) is 0 Å². The zero-order chi connectivity index (χ0) is 14.8. The molecule has 2 atom stereocenters. The topological polar surface area (TPSA) is 59.2 Å². The molecule has 0 saturated carbocycles. The minimum absolute atomic E-state index is 0. The van der Waals surface area contributed by atoms with Gasteiger partial charge in [-0.2, -0.15) is 0 Å². The van der Waals surface area contributed by atoms with Crippen LogP contribution in [0.25, 0.3) is 10.9 Å². The predicted octanol–water partition coefficient (Wildman–Crippen LogP) is 2.82. The lowest BCUT2D eigenvalue weighted by molar-refractivity contribution is -0.131. The summed E-state index contributed by atoms with van der Waals surface area (Å²) in [5.41, 5.74) is 7.67. The molecule has 1 aromatic heterocycles. The van der Waals surface area contributed by atoms with Crippen LogP contribution in [0.4, 0.5) is 0 Å². The van der Waals surface area contributed by atoms with Crippen molar-refractivity contribution in [2.45, 2.75) is 25.8 Å². The van der Waals surface area contributed by atoms with Gasteiger partial charge >= 0.3 is 0 Å². The van der Waals surface area contributed by atoms with Crippen LogP contribution in [0.1, 0.15) is 18.9 Å². The number of halogens is 2. The monoisotopic (exact) mass is 355 g/mol. The Kier molecular flexibility index (Phi) is 7.26. The van der Waals surface area contributed by atoms with Gasteiger partial charge in [0, 0.05) is 24.2 Å². The summed E-state index contributed by atoms with van der Waals surface area (Å²) < 4.78 is 0. The highest BCUT2D eigenvalue weighted by Gasteiger charge is 2.31. The summed E-state index contributed by atoms with van der Waals surface area (Å²) in [6.45, 7) is 3.55. The molecule has 6 heteroatoms. The number of benzene rings is 1. The van der Waals surface area contributed by atoms with Gasteiger partial charge in [-0.3, -0.25) is 9.78 Å². The van der Waals surface area contributed by atoms with Gasteiger partial charge in [-0.15, -0.1) is 24.8 Å². The second-order valence-corrected chi connectivity index (χ2v) is 5.90. The molecule has 1 fully saturated rings. The van der Waals surface area contributed by atoms with Crippen molar-refractivity contribution >= 4 is 41.6 Å². The van der Waals surface area contributed by atoms with Crippen molar-refractivity contribution in [3.8, 4) is 0 Å². The Labute approximate surface area is 149 Å². The van der Waals surface area contributed by atoms with Gasteiger partial charge in [0.2, 0.25) is 5.91 Å². The fourth-order valence-electron chi connectivity index (χ4n) is 3.24. The highest BCUT2D eigenvalue weighted by Crippen LogP contribution is 2.24. The quantitative estimate of drug-likeness (QED) is 0.920. The van der Waals surface area contributed by atoms with Gasteiger partial charge in [-0.25, -0.2) is 0 Å². The molecule has 1 saturated heterocycles. The molecule has 4 nitrogen and oxygen atoms in total. The second-order valence-electron chi connectivity index (χ2n) is 5.90. The Bertz CT molecular complexity index is 660. The van der Waals surface area contributed by atoms with Crippen LogP contribution >= 0.6 is 24.8 Å². The van der Waals surface area contributed by atoms with Gasteiger partial charge in [0.15, 0.2) is 0 Å². The van der Waals surface area contributed by atoms with Crippen LogP contribution in [0.15, 0.2) is 36.5 Å². The first kappa shape index (κ1) is 19.7. The van der Waals surface area contributed by atoms with Gasteiger partial charge in [-0.1, -0.05) is 24.3 Å². The third-order valence-corrected chi connectivity index (χ3v) is 4.37. The molecule has 126 valence electrons. The summed E-state index contributed by atoms with van der Waals surface area (Å²) >= 11 is 0. The number of nitrogens with two attached hydrogens (primary N) is 1.